The second kappa shape index (κ2) is 5.14. The van der Waals surface area contributed by atoms with Crippen molar-refractivity contribution >= 4 is 21.4 Å². The molecule has 1 saturated carbocycles. The quantitative estimate of drug-likeness (QED) is 0.856. The lowest BCUT2D eigenvalue weighted by atomic mass is 10.2. The number of aromatic nitrogens is 2. The van der Waals surface area contributed by atoms with E-state index >= 15 is 0 Å². The van der Waals surface area contributed by atoms with Crippen molar-refractivity contribution < 1.29 is 12.9 Å². The molecule has 4 rings (SSSR count). The third-order valence-corrected chi connectivity index (χ3v) is 7.54. The van der Waals surface area contributed by atoms with Gasteiger partial charge in [-0.2, -0.15) is 9.29 Å². The van der Waals surface area contributed by atoms with E-state index in [0.717, 1.165) is 36.4 Å². The fourth-order valence-electron chi connectivity index (χ4n) is 2.83. The first kappa shape index (κ1) is 14.3. The van der Waals surface area contributed by atoms with Crippen molar-refractivity contribution in [2.45, 2.75) is 48.8 Å². The van der Waals surface area contributed by atoms with Crippen LogP contribution in [-0.2, 0) is 10.0 Å². The number of hydrogen-bond donors (Lipinski definition) is 0. The summed E-state index contributed by atoms with van der Waals surface area (Å²) in [5.74, 6) is 1.58. The molecule has 118 valence electrons. The molecule has 2 aromatic heterocycles. The monoisotopic (exact) mass is 339 g/mol. The van der Waals surface area contributed by atoms with E-state index in [0.29, 0.717) is 22.6 Å². The van der Waals surface area contributed by atoms with Gasteiger partial charge in [0.1, 0.15) is 10.3 Å². The van der Waals surface area contributed by atoms with Crippen molar-refractivity contribution in [3.63, 3.8) is 0 Å². The molecular formula is C14H17N3O3S2. The lowest BCUT2D eigenvalue weighted by molar-refractivity contribution is 0.289. The molecule has 1 saturated heterocycles. The molecule has 0 radical (unpaired) electrons. The summed E-state index contributed by atoms with van der Waals surface area (Å²) >= 11 is 1.30. The number of thiophene rings is 1. The van der Waals surface area contributed by atoms with Gasteiger partial charge < -0.3 is 4.52 Å². The van der Waals surface area contributed by atoms with Crippen LogP contribution in [0, 0.1) is 6.92 Å². The van der Waals surface area contributed by atoms with Gasteiger partial charge in [-0.3, -0.25) is 0 Å². The molecule has 2 aromatic rings. The molecule has 1 aliphatic heterocycles. The Bertz CT molecular complexity index is 792. The third-order valence-electron chi connectivity index (χ3n) is 4.17. The molecule has 3 heterocycles. The van der Waals surface area contributed by atoms with Gasteiger partial charge in [0.2, 0.25) is 5.89 Å². The van der Waals surface area contributed by atoms with Crippen LogP contribution in [0.4, 0.5) is 0 Å². The number of nitrogens with zero attached hydrogens (tertiary/aromatic N) is 3. The first-order chi connectivity index (χ1) is 10.6. The fourth-order valence-corrected chi connectivity index (χ4v) is 5.89. The van der Waals surface area contributed by atoms with Crippen LogP contribution < -0.4 is 0 Å². The molecule has 22 heavy (non-hydrogen) atoms. The van der Waals surface area contributed by atoms with Crippen LogP contribution in [0.15, 0.2) is 20.9 Å². The average molecular weight is 339 g/mol. The molecule has 0 amide bonds. The van der Waals surface area contributed by atoms with E-state index in [1.165, 1.54) is 15.6 Å². The minimum atomic E-state index is -3.49. The summed E-state index contributed by atoms with van der Waals surface area (Å²) in [6, 6.07) is 3.18. The number of aryl methyl sites for hydroxylation is 1. The van der Waals surface area contributed by atoms with Crippen LogP contribution >= 0.6 is 11.3 Å². The van der Waals surface area contributed by atoms with E-state index in [1.807, 2.05) is 13.0 Å². The van der Waals surface area contributed by atoms with Crippen molar-refractivity contribution in [2.24, 2.45) is 0 Å². The summed E-state index contributed by atoms with van der Waals surface area (Å²) in [4.78, 5) is 5.43. The van der Waals surface area contributed by atoms with Gasteiger partial charge in [0.25, 0.3) is 10.0 Å². The summed E-state index contributed by atoms with van der Waals surface area (Å²) in [5, 5.41) is 4.01. The zero-order valence-corrected chi connectivity index (χ0v) is 13.9. The number of rotatable bonds is 4. The van der Waals surface area contributed by atoms with Gasteiger partial charge in [0.15, 0.2) is 5.82 Å². The molecular weight excluding hydrogens is 322 g/mol. The van der Waals surface area contributed by atoms with Crippen molar-refractivity contribution in [3.8, 4) is 0 Å². The molecule has 0 N–H and O–H groups in total. The molecule has 8 heteroatoms. The summed E-state index contributed by atoms with van der Waals surface area (Å²) in [6.07, 6.45) is 3.74. The van der Waals surface area contributed by atoms with Crippen LogP contribution in [0.1, 0.15) is 54.2 Å². The van der Waals surface area contributed by atoms with Crippen LogP contribution in [0.5, 0.6) is 0 Å². The van der Waals surface area contributed by atoms with E-state index in [-0.39, 0.29) is 6.04 Å². The SMILES string of the molecule is Cc1ccc(S(=O)(=O)N2CCCC2c2nc(C3CC3)no2)s1. The lowest BCUT2D eigenvalue weighted by Crippen LogP contribution is -2.30. The van der Waals surface area contributed by atoms with Crippen molar-refractivity contribution in [3.05, 3.63) is 28.7 Å². The minimum absolute atomic E-state index is 0.326. The fraction of sp³-hybridized carbons (Fsp3) is 0.571. The van der Waals surface area contributed by atoms with Gasteiger partial charge in [-0.15, -0.1) is 11.3 Å². The van der Waals surface area contributed by atoms with Gasteiger partial charge in [0, 0.05) is 17.3 Å². The molecule has 1 atom stereocenters. The maximum Gasteiger partial charge on any atom is 0.253 e. The Hall–Kier alpha value is -1.25. The highest BCUT2D eigenvalue weighted by atomic mass is 32.2. The smallest absolute Gasteiger partial charge is 0.253 e. The van der Waals surface area contributed by atoms with E-state index < -0.39 is 10.0 Å². The summed E-state index contributed by atoms with van der Waals surface area (Å²) in [6.45, 7) is 2.41. The van der Waals surface area contributed by atoms with E-state index in [4.69, 9.17) is 4.52 Å². The highest BCUT2D eigenvalue weighted by Crippen LogP contribution is 2.41. The van der Waals surface area contributed by atoms with Gasteiger partial charge in [-0.25, -0.2) is 8.42 Å². The second-order valence-electron chi connectivity index (χ2n) is 5.90. The third kappa shape index (κ3) is 2.39. The molecule has 1 aliphatic carbocycles. The van der Waals surface area contributed by atoms with E-state index in [1.54, 1.807) is 6.07 Å². The number of hydrogen-bond acceptors (Lipinski definition) is 6. The zero-order valence-electron chi connectivity index (χ0n) is 12.2. The Kier molecular flexibility index (Phi) is 3.35. The molecule has 0 aromatic carbocycles. The summed E-state index contributed by atoms with van der Waals surface area (Å²) < 4.78 is 32.9. The Balaban J connectivity index is 1.65. The average Bonchev–Trinajstić information content (AvgIpc) is 2.95. The maximum atomic E-state index is 12.8. The molecule has 2 aliphatic rings. The van der Waals surface area contributed by atoms with Gasteiger partial charge in [-0.1, -0.05) is 5.16 Å². The van der Waals surface area contributed by atoms with Crippen LogP contribution in [0.3, 0.4) is 0 Å². The second-order valence-corrected chi connectivity index (χ2v) is 9.31. The molecule has 0 bridgehead atoms. The Morgan fingerprint density at radius 2 is 2.14 bits per heavy atom. The highest BCUT2D eigenvalue weighted by molar-refractivity contribution is 7.91. The van der Waals surface area contributed by atoms with Gasteiger partial charge >= 0.3 is 0 Å². The molecule has 0 spiro atoms. The summed E-state index contributed by atoms with van der Waals surface area (Å²) in [7, 11) is -3.49. The van der Waals surface area contributed by atoms with Crippen molar-refractivity contribution in [1.29, 1.82) is 0 Å². The highest BCUT2D eigenvalue weighted by Gasteiger charge is 2.40. The molecule has 6 nitrogen and oxygen atoms in total. The predicted molar refractivity (Wildman–Crippen MR) is 81.2 cm³/mol. The zero-order chi connectivity index (χ0) is 15.3. The predicted octanol–water partition coefficient (Wildman–Crippen LogP) is 2.84. The van der Waals surface area contributed by atoms with E-state index in [9.17, 15) is 8.42 Å². The minimum Gasteiger partial charge on any atom is -0.338 e. The van der Waals surface area contributed by atoms with Crippen LogP contribution in [0.25, 0.3) is 0 Å². The maximum absolute atomic E-state index is 12.8. The molecule has 1 unspecified atom stereocenters. The largest absolute Gasteiger partial charge is 0.338 e. The Labute approximate surface area is 133 Å². The number of sulfonamides is 1. The Morgan fingerprint density at radius 3 is 2.82 bits per heavy atom. The van der Waals surface area contributed by atoms with Crippen molar-refractivity contribution in [2.75, 3.05) is 6.54 Å². The Morgan fingerprint density at radius 1 is 1.32 bits per heavy atom. The summed E-state index contributed by atoms with van der Waals surface area (Å²) in [5.41, 5.74) is 0. The standard InChI is InChI=1S/C14H17N3O3S2/c1-9-4-7-12(21-9)22(18,19)17-8-2-3-11(17)14-15-13(16-20-14)10-5-6-10/h4,7,10-11H,2-3,5-6,8H2,1H3. The van der Waals surface area contributed by atoms with Crippen molar-refractivity contribution in [1.82, 2.24) is 14.4 Å². The first-order valence-electron chi connectivity index (χ1n) is 7.47. The van der Waals surface area contributed by atoms with Crippen LogP contribution in [-0.4, -0.2) is 29.4 Å². The van der Waals surface area contributed by atoms with Crippen LogP contribution in [0.2, 0.25) is 0 Å². The topological polar surface area (TPSA) is 76.3 Å². The molecule has 2 fully saturated rings. The first-order valence-corrected chi connectivity index (χ1v) is 9.73. The van der Waals surface area contributed by atoms with Gasteiger partial charge in [-0.05, 0) is 44.7 Å². The normalized spacial score (nSPS) is 23.2. The van der Waals surface area contributed by atoms with E-state index in [2.05, 4.69) is 10.1 Å². The lowest BCUT2D eigenvalue weighted by Gasteiger charge is -2.20. The van der Waals surface area contributed by atoms with Gasteiger partial charge in [0.05, 0.1) is 0 Å².